The summed E-state index contributed by atoms with van der Waals surface area (Å²) >= 11 is 0. The van der Waals surface area contributed by atoms with Crippen LogP contribution >= 0.6 is 0 Å². The van der Waals surface area contributed by atoms with E-state index in [1.807, 2.05) is 12.1 Å². The van der Waals surface area contributed by atoms with E-state index in [9.17, 15) is 0 Å². The molecule has 0 aromatic heterocycles. The second-order valence-corrected chi connectivity index (χ2v) is 5.93. The zero-order valence-electron chi connectivity index (χ0n) is 13.2. The van der Waals surface area contributed by atoms with Gasteiger partial charge in [-0.05, 0) is 56.0 Å². The van der Waals surface area contributed by atoms with Gasteiger partial charge in [-0.1, -0.05) is 19.4 Å². The Hall–Kier alpha value is -1.55. The lowest BCUT2D eigenvalue weighted by atomic mass is 9.98. The molecule has 4 nitrogen and oxygen atoms in total. The molecule has 1 atom stereocenters. The fourth-order valence-corrected chi connectivity index (χ4v) is 3.11. The van der Waals surface area contributed by atoms with Crippen molar-refractivity contribution < 1.29 is 4.74 Å². The summed E-state index contributed by atoms with van der Waals surface area (Å²) in [7, 11) is 1.61. The number of ether oxygens (including phenoxy) is 1. The molecule has 0 radical (unpaired) electrons. The first kappa shape index (κ1) is 15.8. The SMILES string of the molecule is CCC1CCCN(Cc2ccc(OC)c(C(=N)N)c2)CC1. The van der Waals surface area contributed by atoms with Crippen LogP contribution in [0.2, 0.25) is 0 Å². The standard InChI is InChI=1S/C17H27N3O/c1-3-13-5-4-9-20(10-8-13)12-14-6-7-16(21-2)15(11-14)17(18)19/h6-7,11,13H,3-5,8-10,12H2,1-2H3,(H3,18,19). The molecule has 1 aliphatic rings. The molecule has 21 heavy (non-hydrogen) atoms. The molecule has 0 saturated carbocycles. The zero-order chi connectivity index (χ0) is 15.2. The fourth-order valence-electron chi connectivity index (χ4n) is 3.11. The maximum absolute atomic E-state index is 7.67. The van der Waals surface area contributed by atoms with E-state index in [0.717, 1.165) is 19.0 Å². The number of amidine groups is 1. The van der Waals surface area contributed by atoms with Crippen molar-refractivity contribution in [2.45, 2.75) is 39.2 Å². The van der Waals surface area contributed by atoms with Crippen LogP contribution < -0.4 is 10.5 Å². The molecule has 116 valence electrons. The van der Waals surface area contributed by atoms with E-state index in [1.54, 1.807) is 7.11 Å². The van der Waals surface area contributed by atoms with E-state index < -0.39 is 0 Å². The predicted octanol–water partition coefficient (Wildman–Crippen LogP) is 2.99. The Labute approximate surface area is 127 Å². The van der Waals surface area contributed by atoms with Crippen molar-refractivity contribution in [1.29, 1.82) is 5.41 Å². The van der Waals surface area contributed by atoms with Gasteiger partial charge in [-0.2, -0.15) is 0 Å². The minimum absolute atomic E-state index is 0.0654. The predicted molar refractivity (Wildman–Crippen MR) is 86.9 cm³/mol. The maximum Gasteiger partial charge on any atom is 0.129 e. The number of nitrogens with two attached hydrogens (primary N) is 1. The molecule has 1 heterocycles. The van der Waals surface area contributed by atoms with Crippen molar-refractivity contribution in [2.75, 3.05) is 20.2 Å². The summed E-state index contributed by atoms with van der Waals surface area (Å²) in [6.07, 6.45) is 5.24. The Morgan fingerprint density at radius 1 is 1.38 bits per heavy atom. The molecule has 2 rings (SSSR count). The number of methoxy groups -OCH3 is 1. The Morgan fingerprint density at radius 2 is 2.19 bits per heavy atom. The quantitative estimate of drug-likeness (QED) is 0.647. The van der Waals surface area contributed by atoms with Crippen molar-refractivity contribution in [2.24, 2.45) is 11.7 Å². The number of benzene rings is 1. The van der Waals surface area contributed by atoms with Crippen molar-refractivity contribution in [3.63, 3.8) is 0 Å². The molecule has 0 amide bonds. The van der Waals surface area contributed by atoms with Gasteiger partial charge in [-0.15, -0.1) is 0 Å². The van der Waals surface area contributed by atoms with Crippen LogP contribution in [0.5, 0.6) is 5.75 Å². The van der Waals surface area contributed by atoms with Crippen molar-refractivity contribution >= 4 is 5.84 Å². The van der Waals surface area contributed by atoms with Crippen LogP contribution in [0.3, 0.4) is 0 Å². The van der Waals surface area contributed by atoms with E-state index in [4.69, 9.17) is 15.9 Å². The van der Waals surface area contributed by atoms with Crippen LogP contribution in [0.1, 0.15) is 43.7 Å². The molecule has 1 fully saturated rings. The third-order valence-corrected chi connectivity index (χ3v) is 4.48. The largest absolute Gasteiger partial charge is 0.496 e. The number of hydrogen-bond donors (Lipinski definition) is 2. The average Bonchev–Trinajstić information content (AvgIpc) is 2.72. The normalized spacial score (nSPS) is 20.0. The van der Waals surface area contributed by atoms with Crippen molar-refractivity contribution in [1.82, 2.24) is 4.90 Å². The van der Waals surface area contributed by atoms with Crippen molar-refractivity contribution in [3.8, 4) is 5.75 Å². The lowest BCUT2D eigenvalue weighted by Crippen LogP contribution is -2.24. The summed E-state index contributed by atoms with van der Waals surface area (Å²) < 4.78 is 5.27. The molecule has 4 heteroatoms. The number of hydrogen-bond acceptors (Lipinski definition) is 3. The summed E-state index contributed by atoms with van der Waals surface area (Å²) in [5.41, 5.74) is 7.54. The smallest absolute Gasteiger partial charge is 0.129 e. The van der Waals surface area contributed by atoms with Gasteiger partial charge in [-0.25, -0.2) is 0 Å². The van der Waals surface area contributed by atoms with Crippen LogP contribution in [0, 0.1) is 11.3 Å². The van der Waals surface area contributed by atoms with Crippen LogP contribution in [0.4, 0.5) is 0 Å². The van der Waals surface area contributed by atoms with Crippen LogP contribution in [0.15, 0.2) is 18.2 Å². The summed E-state index contributed by atoms with van der Waals surface area (Å²) in [5, 5.41) is 7.67. The minimum Gasteiger partial charge on any atom is -0.496 e. The Balaban J connectivity index is 2.05. The van der Waals surface area contributed by atoms with Crippen LogP contribution in [-0.4, -0.2) is 30.9 Å². The lowest BCUT2D eigenvalue weighted by molar-refractivity contribution is 0.272. The molecule has 0 aliphatic carbocycles. The van der Waals surface area contributed by atoms with Gasteiger partial charge >= 0.3 is 0 Å². The first-order chi connectivity index (χ1) is 10.1. The molecule has 1 aromatic rings. The molecule has 0 bridgehead atoms. The van der Waals surface area contributed by atoms with E-state index in [1.165, 1.54) is 37.8 Å². The third kappa shape index (κ3) is 4.21. The second kappa shape index (κ2) is 7.46. The van der Waals surface area contributed by atoms with E-state index in [-0.39, 0.29) is 5.84 Å². The number of rotatable bonds is 5. The van der Waals surface area contributed by atoms with Gasteiger partial charge < -0.3 is 10.5 Å². The summed E-state index contributed by atoms with van der Waals surface area (Å²) in [6.45, 7) is 5.56. The summed E-state index contributed by atoms with van der Waals surface area (Å²) in [6, 6.07) is 5.98. The second-order valence-electron chi connectivity index (χ2n) is 5.93. The van der Waals surface area contributed by atoms with Gasteiger partial charge in [0.05, 0.1) is 12.7 Å². The Morgan fingerprint density at radius 3 is 2.86 bits per heavy atom. The molecule has 3 N–H and O–H groups in total. The van der Waals surface area contributed by atoms with Gasteiger partial charge in [0.15, 0.2) is 0 Å². The molecular formula is C17H27N3O. The van der Waals surface area contributed by atoms with Gasteiger partial charge in [0.1, 0.15) is 11.6 Å². The average molecular weight is 289 g/mol. The molecule has 0 spiro atoms. The molecule has 1 aromatic carbocycles. The minimum atomic E-state index is 0.0654. The van der Waals surface area contributed by atoms with E-state index in [2.05, 4.69) is 17.9 Å². The Kier molecular flexibility index (Phi) is 5.62. The highest BCUT2D eigenvalue weighted by atomic mass is 16.5. The highest BCUT2D eigenvalue weighted by Gasteiger charge is 2.16. The van der Waals surface area contributed by atoms with E-state index >= 15 is 0 Å². The monoisotopic (exact) mass is 289 g/mol. The third-order valence-electron chi connectivity index (χ3n) is 4.48. The zero-order valence-corrected chi connectivity index (χ0v) is 13.2. The summed E-state index contributed by atoms with van der Waals surface area (Å²) in [4.78, 5) is 2.52. The first-order valence-electron chi connectivity index (χ1n) is 7.87. The highest BCUT2D eigenvalue weighted by molar-refractivity contribution is 5.97. The topological polar surface area (TPSA) is 62.3 Å². The number of nitrogens with one attached hydrogen (secondary N) is 1. The van der Waals surface area contributed by atoms with E-state index in [0.29, 0.717) is 11.3 Å². The van der Waals surface area contributed by atoms with Gasteiger partial charge in [0.2, 0.25) is 0 Å². The molecule has 1 saturated heterocycles. The van der Waals surface area contributed by atoms with Crippen molar-refractivity contribution in [3.05, 3.63) is 29.3 Å². The highest BCUT2D eigenvalue weighted by Crippen LogP contribution is 2.23. The Bertz CT molecular complexity index is 487. The fraction of sp³-hybridized carbons (Fsp3) is 0.588. The van der Waals surface area contributed by atoms with Crippen LogP contribution in [0.25, 0.3) is 0 Å². The van der Waals surface area contributed by atoms with Gasteiger partial charge in [0, 0.05) is 6.54 Å². The van der Waals surface area contributed by atoms with Gasteiger partial charge in [0.25, 0.3) is 0 Å². The maximum atomic E-state index is 7.67. The lowest BCUT2D eigenvalue weighted by Gasteiger charge is -2.21. The van der Waals surface area contributed by atoms with Crippen LogP contribution in [-0.2, 0) is 6.54 Å². The summed E-state index contributed by atoms with van der Waals surface area (Å²) in [5.74, 6) is 1.63. The molecular weight excluding hydrogens is 262 g/mol. The number of nitrogen functional groups attached to an aromatic ring is 1. The molecule has 1 unspecified atom stereocenters. The first-order valence-corrected chi connectivity index (χ1v) is 7.87. The molecule has 1 aliphatic heterocycles. The number of nitrogens with zero attached hydrogens (tertiary/aromatic N) is 1. The van der Waals surface area contributed by atoms with Gasteiger partial charge in [-0.3, -0.25) is 10.3 Å². The number of likely N-dealkylation sites (tertiary alicyclic amines) is 1.